The van der Waals surface area contributed by atoms with Gasteiger partial charge < -0.3 is 10.5 Å². The van der Waals surface area contributed by atoms with Crippen molar-refractivity contribution in [3.8, 4) is 0 Å². The maximum atomic E-state index is 11.2. The summed E-state index contributed by atoms with van der Waals surface area (Å²) in [5.74, 6) is -0.507. The second kappa shape index (κ2) is 5.27. The normalized spacial score (nSPS) is 19.7. The molecule has 1 aromatic heterocycles. The van der Waals surface area contributed by atoms with Crippen molar-refractivity contribution >= 4 is 5.91 Å². The Morgan fingerprint density at radius 1 is 1.65 bits per heavy atom. The Labute approximate surface area is 100 Å². The Morgan fingerprint density at radius 2 is 2.47 bits per heavy atom. The third-order valence-corrected chi connectivity index (χ3v) is 2.96. The number of carbonyl (C=O) groups is 1. The van der Waals surface area contributed by atoms with Gasteiger partial charge in [-0.1, -0.05) is 18.6 Å². The Kier molecular flexibility index (Phi) is 3.73. The van der Waals surface area contributed by atoms with Gasteiger partial charge in [-0.3, -0.25) is 4.79 Å². The van der Waals surface area contributed by atoms with Crippen LogP contribution in [0.15, 0.2) is 0 Å². The van der Waals surface area contributed by atoms with E-state index in [0.29, 0.717) is 12.2 Å². The molecule has 0 saturated carbocycles. The van der Waals surface area contributed by atoms with Crippen LogP contribution in [0.5, 0.6) is 0 Å². The van der Waals surface area contributed by atoms with E-state index in [1.807, 2.05) is 6.92 Å². The molecule has 2 N–H and O–H groups in total. The minimum absolute atomic E-state index is 0.188. The zero-order valence-electron chi connectivity index (χ0n) is 10.1. The predicted octanol–water partition coefficient (Wildman–Crippen LogP) is 0.508. The van der Waals surface area contributed by atoms with Crippen LogP contribution < -0.4 is 5.73 Å². The first-order chi connectivity index (χ1) is 8.22. The molecule has 2 rings (SSSR count). The minimum atomic E-state index is -0.507. The summed E-state index contributed by atoms with van der Waals surface area (Å²) in [5.41, 5.74) is 6.41. The van der Waals surface area contributed by atoms with Gasteiger partial charge in [0.05, 0.1) is 18.3 Å². The van der Waals surface area contributed by atoms with Crippen molar-refractivity contribution in [1.82, 2.24) is 15.0 Å². The Hall–Kier alpha value is -1.43. The number of hydrogen-bond donors (Lipinski definition) is 1. The summed E-state index contributed by atoms with van der Waals surface area (Å²) in [7, 11) is 0. The fourth-order valence-electron chi connectivity index (χ4n) is 2.14. The highest BCUT2D eigenvalue weighted by Gasteiger charge is 2.21. The number of carbonyl (C=O) groups excluding carboxylic acids is 1. The highest BCUT2D eigenvalue weighted by molar-refractivity contribution is 5.91. The van der Waals surface area contributed by atoms with Crippen molar-refractivity contribution in [1.29, 1.82) is 0 Å². The molecule has 1 atom stereocenters. The lowest BCUT2D eigenvalue weighted by atomic mass is 10.2. The van der Waals surface area contributed by atoms with Gasteiger partial charge in [0.1, 0.15) is 0 Å². The summed E-state index contributed by atoms with van der Waals surface area (Å²) < 4.78 is 7.32. The third kappa shape index (κ3) is 2.63. The second-order valence-corrected chi connectivity index (χ2v) is 4.32. The van der Waals surface area contributed by atoms with Gasteiger partial charge in [0.15, 0.2) is 5.69 Å². The number of nitrogens with zero attached hydrogens (tertiary/aromatic N) is 3. The number of primary amides is 1. The van der Waals surface area contributed by atoms with Crippen molar-refractivity contribution in [2.75, 3.05) is 6.61 Å². The lowest BCUT2D eigenvalue weighted by molar-refractivity contribution is 0.0925. The van der Waals surface area contributed by atoms with E-state index in [4.69, 9.17) is 10.5 Å². The topological polar surface area (TPSA) is 83.0 Å². The van der Waals surface area contributed by atoms with Crippen LogP contribution in [0.3, 0.4) is 0 Å². The number of nitrogens with two attached hydrogens (primary N) is 1. The van der Waals surface area contributed by atoms with Gasteiger partial charge in [-0.2, -0.15) is 0 Å². The van der Waals surface area contributed by atoms with Gasteiger partial charge in [-0.15, -0.1) is 5.10 Å². The molecule has 0 spiro atoms. The number of aromatic nitrogens is 3. The van der Waals surface area contributed by atoms with E-state index in [2.05, 4.69) is 10.3 Å². The van der Waals surface area contributed by atoms with Crippen LogP contribution in [0.4, 0.5) is 0 Å². The van der Waals surface area contributed by atoms with Crippen LogP contribution in [-0.2, 0) is 17.7 Å². The van der Waals surface area contributed by atoms with Crippen LogP contribution in [0.2, 0.25) is 0 Å². The molecule has 0 aromatic carbocycles. The van der Waals surface area contributed by atoms with Crippen molar-refractivity contribution in [3.63, 3.8) is 0 Å². The monoisotopic (exact) mass is 238 g/mol. The minimum Gasteiger partial charge on any atom is -0.376 e. The van der Waals surface area contributed by atoms with Crippen LogP contribution >= 0.6 is 0 Å². The van der Waals surface area contributed by atoms with Crippen LogP contribution in [0, 0.1) is 0 Å². The van der Waals surface area contributed by atoms with Gasteiger partial charge in [0, 0.05) is 6.61 Å². The Bertz CT molecular complexity index is 396. The van der Waals surface area contributed by atoms with E-state index in [9.17, 15) is 4.79 Å². The quantitative estimate of drug-likeness (QED) is 0.810. The van der Waals surface area contributed by atoms with Gasteiger partial charge in [0.2, 0.25) is 0 Å². The van der Waals surface area contributed by atoms with Crippen LogP contribution in [0.1, 0.15) is 42.4 Å². The van der Waals surface area contributed by atoms with Gasteiger partial charge in [-0.25, -0.2) is 4.68 Å². The third-order valence-electron chi connectivity index (χ3n) is 2.96. The van der Waals surface area contributed by atoms with E-state index >= 15 is 0 Å². The lowest BCUT2D eigenvalue weighted by Crippen LogP contribution is -2.20. The highest BCUT2D eigenvalue weighted by atomic mass is 16.5. The molecule has 2 heterocycles. The second-order valence-electron chi connectivity index (χ2n) is 4.32. The number of rotatable bonds is 5. The molecule has 17 heavy (non-hydrogen) atoms. The molecule has 1 aliphatic heterocycles. The van der Waals surface area contributed by atoms with Gasteiger partial charge in [0.25, 0.3) is 5.91 Å². The lowest BCUT2D eigenvalue weighted by Gasteiger charge is -2.11. The van der Waals surface area contributed by atoms with E-state index < -0.39 is 5.91 Å². The standard InChI is InChI=1S/C11H18N4O2/c1-2-4-9-10(11(12)16)13-14-15(9)7-8-5-3-6-17-8/h8H,2-7H2,1H3,(H2,12,16). The summed E-state index contributed by atoms with van der Waals surface area (Å²) >= 11 is 0. The summed E-state index contributed by atoms with van der Waals surface area (Å²) in [4.78, 5) is 11.2. The molecule has 1 amide bonds. The molecule has 0 radical (unpaired) electrons. The molecule has 1 aliphatic rings. The van der Waals surface area contributed by atoms with E-state index in [-0.39, 0.29) is 6.10 Å². The molecule has 6 nitrogen and oxygen atoms in total. The number of ether oxygens (including phenoxy) is 1. The fraction of sp³-hybridized carbons (Fsp3) is 0.727. The molecular weight excluding hydrogens is 220 g/mol. The van der Waals surface area contributed by atoms with Crippen molar-refractivity contribution < 1.29 is 9.53 Å². The fourth-order valence-corrected chi connectivity index (χ4v) is 2.14. The molecule has 94 valence electrons. The summed E-state index contributed by atoms with van der Waals surface area (Å²) in [5, 5.41) is 7.86. The first-order valence-electron chi connectivity index (χ1n) is 6.06. The summed E-state index contributed by atoms with van der Waals surface area (Å²) in [6.07, 6.45) is 4.01. The zero-order valence-corrected chi connectivity index (χ0v) is 10.1. The SMILES string of the molecule is CCCc1c(C(N)=O)nnn1CC1CCCO1. The van der Waals surface area contributed by atoms with Gasteiger partial charge >= 0.3 is 0 Å². The van der Waals surface area contributed by atoms with Crippen molar-refractivity contribution in [3.05, 3.63) is 11.4 Å². The molecule has 0 bridgehead atoms. The highest BCUT2D eigenvalue weighted by Crippen LogP contribution is 2.16. The Balaban J connectivity index is 2.17. The average Bonchev–Trinajstić information content (AvgIpc) is 2.90. The van der Waals surface area contributed by atoms with Crippen LogP contribution in [0.25, 0.3) is 0 Å². The maximum Gasteiger partial charge on any atom is 0.271 e. The van der Waals surface area contributed by atoms with Crippen molar-refractivity contribution in [2.24, 2.45) is 5.73 Å². The first-order valence-corrected chi connectivity index (χ1v) is 6.06. The summed E-state index contributed by atoms with van der Waals surface area (Å²) in [6.45, 7) is 3.52. The smallest absolute Gasteiger partial charge is 0.271 e. The largest absolute Gasteiger partial charge is 0.376 e. The number of amides is 1. The van der Waals surface area contributed by atoms with Crippen molar-refractivity contribution in [2.45, 2.75) is 45.3 Å². The maximum absolute atomic E-state index is 11.2. The molecule has 0 aliphatic carbocycles. The van der Waals surface area contributed by atoms with Gasteiger partial charge in [-0.05, 0) is 19.3 Å². The molecule has 1 fully saturated rings. The molecule has 6 heteroatoms. The first kappa shape index (κ1) is 12.0. The molecule has 1 unspecified atom stereocenters. The molecule has 1 aromatic rings. The predicted molar refractivity (Wildman–Crippen MR) is 61.5 cm³/mol. The number of hydrogen-bond acceptors (Lipinski definition) is 4. The van der Waals surface area contributed by atoms with E-state index in [0.717, 1.165) is 38.0 Å². The van der Waals surface area contributed by atoms with E-state index in [1.54, 1.807) is 4.68 Å². The van der Waals surface area contributed by atoms with E-state index in [1.165, 1.54) is 0 Å². The van der Waals surface area contributed by atoms with Crippen LogP contribution in [-0.4, -0.2) is 33.6 Å². The average molecular weight is 238 g/mol. The molecule has 1 saturated heterocycles. The summed E-state index contributed by atoms with van der Waals surface area (Å²) in [6, 6.07) is 0. The molecular formula is C11H18N4O2. The zero-order chi connectivity index (χ0) is 12.3. The Morgan fingerprint density at radius 3 is 3.06 bits per heavy atom.